The third kappa shape index (κ3) is 0.548. The van der Waals surface area contributed by atoms with E-state index in [4.69, 9.17) is 5.11 Å². The molecule has 0 amide bonds. The van der Waals surface area contributed by atoms with Gasteiger partial charge in [0, 0.05) is 0 Å². The van der Waals surface area contributed by atoms with Crippen molar-refractivity contribution in [2.75, 3.05) is 0 Å². The highest BCUT2D eigenvalue weighted by molar-refractivity contribution is 4.79. The van der Waals surface area contributed by atoms with Gasteiger partial charge in [0.2, 0.25) is 0 Å². The summed E-state index contributed by atoms with van der Waals surface area (Å²) in [7, 11) is 0. The average Bonchev–Trinajstić information content (AvgIpc) is 1.33. The van der Waals surface area contributed by atoms with Gasteiger partial charge >= 0.3 is 0 Å². The van der Waals surface area contributed by atoms with E-state index < -0.39 is 0 Å². The summed E-state index contributed by atoms with van der Waals surface area (Å²) < 4.78 is 0. The summed E-state index contributed by atoms with van der Waals surface area (Å²) in [5.74, 6) is 0.542. The van der Waals surface area contributed by atoms with Gasteiger partial charge in [-0.1, -0.05) is 0 Å². The predicted octanol–water partition coefficient (Wildman–Crippen LogP) is 0.591. The smallest absolute Gasteiger partial charge is 0.0545 e. The van der Waals surface area contributed by atoms with E-state index in [-0.39, 0.29) is 6.10 Å². The zero-order valence-corrected chi connectivity index (χ0v) is 3.72. The molecule has 0 aromatic heterocycles. The van der Waals surface area contributed by atoms with Gasteiger partial charge in [-0.3, -0.25) is 0 Å². The molecular weight excluding hydrogens is 76.1 g/mol. The lowest BCUT2D eigenvalue weighted by molar-refractivity contribution is 0.0618. The van der Waals surface area contributed by atoms with Crippen molar-refractivity contribution < 1.29 is 5.11 Å². The number of aliphatic hydroxyl groups excluding tert-OH is 1. The van der Waals surface area contributed by atoms with Gasteiger partial charge in [-0.15, -0.1) is 0 Å². The Bertz CT molecular complexity index is 39.9. The Morgan fingerprint density at radius 2 is 2.00 bits per heavy atom. The second-order valence-electron chi connectivity index (χ2n) is 1.99. The lowest BCUT2D eigenvalue weighted by Gasteiger charge is -2.27. The van der Waals surface area contributed by atoms with E-state index in [9.17, 15) is 0 Å². The Morgan fingerprint density at radius 1 is 1.50 bits per heavy atom. The van der Waals surface area contributed by atoms with Crippen molar-refractivity contribution in [1.82, 2.24) is 0 Å². The van der Waals surface area contributed by atoms with Crippen LogP contribution in [0, 0.1) is 12.8 Å². The fourth-order valence-corrected chi connectivity index (χ4v) is 0.701. The molecule has 0 heterocycles. The van der Waals surface area contributed by atoms with Gasteiger partial charge in [0.05, 0.1) is 6.10 Å². The molecule has 0 aliphatic heterocycles. The first-order chi connectivity index (χ1) is 2.79. The molecule has 1 N–H and O–H groups in total. The molecule has 1 aliphatic carbocycles. The van der Waals surface area contributed by atoms with Crippen LogP contribution in [0.25, 0.3) is 0 Å². The lowest BCUT2D eigenvalue weighted by atomic mass is 9.84. The number of hydrogen-bond donors (Lipinski definition) is 1. The van der Waals surface area contributed by atoms with E-state index in [1.54, 1.807) is 0 Å². The van der Waals surface area contributed by atoms with E-state index in [0.29, 0.717) is 5.92 Å². The van der Waals surface area contributed by atoms with Crippen molar-refractivity contribution in [1.29, 1.82) is 0 Å². The van der Waals surface area contributed by atoms with E-state index in [1.165, 1.54) is 0 Å². The van der Waals surface area contributed by atoms with Gasteiger partial charge in [0.25, 0.3) is 0 Å². The first-order valence-corrected chi connectivity index (χ1v) is 2.30. The van der Waals surface area contributed by atoms with Crippen LogP contribution in [0.4, 0.5) is 0 Å². The Morgan fingerprint density at radius 3 is 2.00 bits per heavy atom. The van der Waals surface area contributed by atoms with Crippen molar-refractivity contribution in [3.63, 3.8) is 0 Å². The Kier molecular flexibility index (Phi) is 0.845. The Labute approximate surface area is 38.0 Å². The minimum Gasteiger partial charge on any atom is -0.393 e. The van der Waals surface area contributed by atoms with Gasteiger partial charge in [0.1, 0.15) is 0 Å². The molecular formula is C5H9O. The molecule has 1 heteroatoms. The van der Waals surface area contributed by atoms with Crippen LogP contribution in [0.2, 0.25) is 0 Å². The van der Waals surface area contributed by atoms with Crippen molar-refractivity contribution in [2.24, 2.45) is 5.92 Å². The average molecular weight is 85.1 g/mol. The minimum absolute atomic E-state index is 0.0208. The summed E-state index contributed by atoms with van der Waals surface area (Å²) in [5, 5.41) is 8.58. The lowest BCUT2D eigenvalue weighted by Crippen LogP contribution is -2.25. The normalized spacial score (nSPS) is 45.0. The van der Waals surface area contributed by atoms with E-state index in [0.717, 1.165) is 12.8 Å². The summed E-state index contributed by atoms with van der Waals surface area (Å²) in [4.78, 5) is 0. The van der Waals surface area contributed by atoms with E-state index in [1.807, 2.05) is 0 Å². The first kappa shape index (κ1) is 4.13. The molecule has 1 rings (SSSR count). The van der Waals surface area contributed by atoms with Crippen LogP contribution in [-0.2, 0) is 0 Å². The first-order valence-electron chi connectivity index (χ1n) is 2.30. The highest BCUT2D eigenvalue weighted by Crippen LogP contribution is 2.24. The third-order valence-corrected chi connectivity index (χ3v) is 1.21. The fraction of sp³-hybridized carbons (Fsp3) is 0.800. The molecule has 0 atom stereocenters. The second kappa shape index (κ2) is 1.23. The summed E-state index contributed by atoms with van der Waals surface area (Å²) in [6, 6.07) is 0. The van der Waals surface area contributed by atoms with E-state index >= 15 is 0 Å². The maximum absolute atomic E-state index is 8.58. The number of rotatable bonds is 0. The molecule has 0 aromatic carbocycles. The molecule has 1 aliphatic rings. The molecule has 1 fully saturated rings. The molecule has 0 aromatic rings. The Hall–Kier alpha value is -0.0400. The van der Waals surface area contributed by atoms with Gasteiger partial charge < -0.3 is 5.11 Å². The monoisotopic (exact) mass is 85.1 g/mol. The van der Waals surface area contributed by atoms with E-state index in [2.05, 4.69) is 6.92 Å². The maximum Gasteiger partial charge on any atom is 0.0545 e. The second-order valence-corrected chi connectivity index (χ2v) is 1.99. The van der Waals surface area contributed by atoms with Gasteiger partial charge in [-0.2, -0.15) is 0 Å². The van der Waals surface area contributed by atoms with Crippen LogP contribution >= 0.6 is 0 Å². The zero-order valence-electron chi connectivity index (χ0n) is 3.72. The van der Waals surface area contributed by atoms with Crippen molar-refractivity contribution in [3.05, 3.63) is 6.92 Å². The molecule has 0 saturated heterocycles. The number of hydrogen-bond acceptors (Lipinski definition) is 1. The van der Waals surface area contributed by atoms with Crippen LogP contribution in [0.5, 0.6) is 0 Å². The highest BCUT2D eigenvalue weighted by Gasteiger charge is 2.21. The van der Waals surface area contributed by atoms with Crippen molar-refractivity contribution in [3.8, 4) is 0 Å². The van der Waals surface area contributed by atoms with Crippen LogP contribution < -0.4 is 0 Å². The molecule has 0 bridgehead atoms. The van der Waals surface area contributed by atoms with Gasteiger partial charge in [-0.25, -0.2) is 0 Å². The molecule has 1 saturated carbocycles. The molecule has 0 unspecified atom stereocenters. The molecule has 0 spiro atoms. The van der Waals surface area contributed by atoms with Crippen molar-refractivity contribution >= 4 is 0 Å². The topological polar surface area (TPSA) is 20.2 Å². The number of aliphatic hydroxyl groups is 1. The third-order valence-electron chi connectivity index (χ3n) is 1.21. The van der Waals surface area contributed by atoms with Crippen LogP contribution in [0.1, 0.15) is 12.8 Å². The van der Waals surface area contributed by atoms with Crippen LogP contribution in [-0.4, -0.2) is 11.2 Å². The molecule has 1 radical (unpaired) electrons. The summed E-state index contributed by atoms with van der Waals surface area (Å²) >= 11 is 0. The van der Waals surface area contributed by atoms with Crippen LogP contribution in [0.15, 0.2) is 0 Å². The van der Waals surface area contributed by atoms with Crippen molar-refractivity contribution in [2.45, 2.75) is 18.9 Å². The standard InChI is InChI=1S/C5H9O/c1-4-2-5(6)3-4/h4-6H,1-3H2. The zero-order chi connectivity index (χ0) is 4.57. The predicted molar refractivity (Wildman–Crippen MR) is 24.1 cm³/mol. The summed E-state index contributed by atoms with van der Waals surface area (Å²) in [6.07, 6.45) is 1.81. The SMILES string of the molecule is [CH2]C1CC(O)C1. The largest absolute Gasteiger partial charge is 0.393 e. The quantitative estimate of drug-likeness (QED) is 0.456. The summed E-state index contributed by atoms with van der Waals surface area (Å²) in [5.41, 5.74) is 0. The molecule has 6 heavy (non-hydrogen) atoms. The van der Waals surface area contributed by atoms with Crippen LogP contribution in [0.3, 0.4) is 0 Å². The van der Waals surface area contributed by atoms with Gasteiger partial charge in [-0.05, 0) is 25.7 Å². The molecule has 1 nitrogen and oxygen atoms in total. The highest BCUT2D eigenvalue weighted by atomic mass is 16.3. The fourth-order valence-electron chi connectivity index (χ4n) is 0.701. The maximum atomic E-state index is 8.58. The molecule has 35 valence electrons. The van der Waals surface area contributed by atoms with Gasteiger partial charge in [0.15, 0.2) is 0 Å². The summed E-state index contributed by atoms with van der Waals surface area (Å²) in [6.45, 7) is 3.73. The Balaban J connectivity index is 2.11. The minimum atomic E-state index is -0.0208.